The van der Waals surface area contributed by atoms with Gasteiger partial charge in [0.2, 0.25) is 0 Å². The Bertz CT molecular complexity index is 4040. The van der Waals surface area contributed by atoms with E-state index >= 15 is 0 Å². The maximum atomic E-state index is 2.91. The average molecular weight is 977 g/mol. The largest absolute Gasteiger partial charge is 0.375 e. The first-order valence-corrected chi connectivity index (χ1v) is 29.6. The molecule has 5 fully saturated rings. The fraction of sp³-hybridized carbons (Fsp3) is 0.343. The lowest BCUT2D eigenvalue weighted by Gasteiger charge is -2.46. The van der Waals surface area contributed by atoms with Crippen molar-refractivity contribution in [3.63, 3.8) is 0 Å². The van der Waals surface area contributed by atoms with E-state index < -0.39 is 0 Å². The van der Waals surface area contributed by atoms with Gasteiger partial charge in [0.1, 0.15) is 0 Å². The van der Waals surface area contributed by atoms with Crippen LogP contribution in [0.1, 0.15) is 121 Å². The summed E-state index contributed by atoms with van der Waals surface area (Å²) < 4.78 is 4.30. The Morgan fingerprint density at radius 1 is 0.581 bits per heavy atom. The zero-order valence-corrected chi connectivity index (χ0v) is 44.4. The molecule has 6 unspecified atom stereocenters. The van der Waals surface area contributed by atoms with Crippen LogP contribution in [0.2, 0.25) is 0 Å². The van der Waals surface area contributed by atoms with E-state index in [-0.39, 0.29) is 23.1 Å². The van der Waals surface area contributed by atoms with Crippen LogP contribution in [0.4, 0.5) is 16.4 Å². The highest BCUT2D eigenvalue weighted by atomic mass is 32.1. The number of rotatable bonds is 5. The van der Waals surface area contributed by atoms with Crippen LogP contribution in [0.15, 0.2) is 146 Å². The van der Waals surface area contributed by atoms with Crippen molar-refractivity contribution >= 4 is 98.9 Å². The lowest BCUT2D eigenvalue weighted by molar-refractivity contribution is 0.139. The van der Waals surface area contributed by atoms with E-state index in [0.29, 0.717) is 0 Å². The van der Waals surface area contributed by atoms with Crippen molar-refractivity contribution in [1.29, 1.82) is 0 Å². The Morgan fingerprint density at radius 2 is 1.35 bits per heavy atom. The minimum atomic E-state index is -0.0196. The van der Waals surface area contributed by atoms with Gasteiger partial charge >= 0.3 is 6.85 Å². The van der Waals surface area contributed by atoms with Crippen LogP contribution in [0.25, 0.3) is 75.7 Å². The van der Waals surface area contributed by atoms with E-state index in [1.165, 1.54) is 186 Å². The van der Waals surface area contributed by atoms with Crippen LogP contribution >= 0.6 is 11.3 Å². The number of anilines is 3. The Kier molecular flexibility index (Phi) is 8.79. The standard InChI is InChI=1S/C70H65BN2S/c1-5-69(37-41-19-20-42(29-41)38-69)50-23-26-61-56(34-50)58-35-51(70-28-27-46-30-43(39-70)31-48(46)40-70)36-59-57-32-47-16-10-11-17-52(47)65-62(57)71(73(61)64(58)59)63-54-24-21-45-15-9-12-18-53(45)66(54)74-67(63)72(65)60-25-22-49(68(2,3)4)33-55(60)44-13-7-6-8-14-44/h6-18,21-26,32-36,41-43,46,48H,5,19-20,27-31,37-40H2,1-4H3. The molecule has 4 heteroatoms. The molecule has 7 aliphatic rings. The Hall–Kier alpha value is -6.10. The third-order valence-corrected chi connectivity index (χ3v) is 22.7. The van der Waals surface area contributed by atoms with Crippen LogP contribution < -0.4 is 15.8 Å². The van der Waals surface area contributed by atoms with Crippen molar-refractivity contribution in [2.45, 2.75) is 121 Å². The molecular formula is C70H65BN2S. The molecule has 74 heavy (non-hydrogen) atoms. The van der Waals surface area contributed by atoms with Crippen LogP contribution in [0, 0.1) is 29.6 Å². The van der Waals surface area contributed by atoms with Crippen LogP contribution in [0.5, 0.6) is 0 Å². The van der Waals surface area contributed by atoms with Gasteiger partial charge in [0, 0.05) is 43.0 Å². The van der Waals surface area contributed by atoms with Crippen LogP contribution in [-0.4, -0.2) is 11.3 Å². The molecule has 8 aromatic carbocycles. The molecule has 10 aromatic rings. The summed E-state index contributed by atoms with van der Waals surface area (Å²) in [5.41, 5.74) is 18.9. The van der Waals surface area contributed by atoms with E-state index in [1.54, 1.807) is 11.1 Å². The van der Waals surface area contributed by atoms with Crippen molar-refractivity contribution < 1.29 is 0 Å². The van der Waals surface area contributed by atoms with Crippen molar-refractivity contribution in [2.75, 3.05) is 4.90 Å². The van der Waals surface area contributed by atoms with Gasteiger partial charge in [0.05, 0.1) is 16.4 Å². The summed E-state index contributed by atoms with van der Waals surface area (Å²) in [7, 11) is 0. The summed E-state index contributed by atoms with van der Waals surface area (Å²) in [6.07, 6.45) is 16.7. The minimum Gasteiger partial charge on any atom is -0.375 e. The SMILES string of the molecule is CCC1(c2ccc3c(c2)c2cc(C45CCC6CC(CC6C4)C5)cc4c2n3B2c3c-4cc4ccccc4c3N(c3ccc(C(C)(C)C)cc3-c3ccccc3)c3sc4c(ccc5ccccc54)c32)CC2CCC(C2)C1. The molecule has 17 rings (SSSR count). The molecule has 5 bridgehead atoms. The van der Waals surface area contributed by atoms with E-state index in [9.17, 15) is 0 Å². The van der Waals surface area contributed by atoms with E-state index in [0.717, 1.165) is 29.6 Å². The van der Waals surface area contributed by atoms with Crippen LogP contribution in [0.3, 0.4) is 0 Å². The smallest absolute Gasteiger partial charge is 0.334 e. The molecule has 6 atom stereocenters. The summed E-state index contributed by atoms with van der Waals surface area (Å²) in [6.45, 7) is 9.58. The topological polar surface area (TPSA) is 8.17 Å². The highest BCUT2D eigenvalue weighted by molar-refractivity contribution is 7.26. The Morgan fingerprint density at radius 3 is 2.18 bits per heavy atom. The van der Waals surface area contributed by atoms with Gasteiger partial charge < -0.3 is 9.38 Å². The molecule has 364 valence electrons. The summed E-state index contributed by atoms with van der Waals surface area (Å²) in [5, 5.41) is 11.0. The van der Waals surface area contributed by atoms with Crippen LogP contribution in [-0.2, 0) is 16.2 Å². The second-order valence-corrected chi connectivity index (χ2v) is 27.2. The van der Waals surface area contributed by atoms with Gasteiger partial charge in [-0.15, -0.1) is 11.3 Å². The van der Waals surface area contributed by atoms with Gasteiger partial charge in [-0.25, -0.2) is 0 Å². The van der Waals surface area contributed by atoms with Crippen molar-refractivity contribution in [1.82, 2.24) is 4.48 Å². The first-order valence-electron chi connectivity index (χ1n) is 28.8. The number of hydrogen-bond donors (Lipinski definition) is 0. The van der Waals surface area contributed by atoms with Crippen molar-refractivity contribution in [3.05, 3.63) is 162 Å². The van der Waals surface area contributed by atoms with E-state index in [4.69, 9.17) is 0 Å². The fourth-order valence-corrected chi connectivity index (χ4v) is 19.6. The molecule has 0 amide bonds. The van der Waals surface area contributed by atoms with E-state index in [2.05, 4.69) is 183 Å². The molecule has 2 aliphatic heterocycles. The minimum absolute atomic E-state index is 0.0124. The fourth-order valence-electron chi connectivity index (χ4n) is 18.2. The van der Waals surface area contributed by atoms with Gasteiger partial charge in [0.25, 0.3) is 0 Å². The summed E-state index contributed by atoms with van der Waals surface area (Å²) in [5.74, 6) is 4.47. The highest BCUT2D eigenvalue weighted by Gasteiger charge is 2.54. The number of hydrogen-bond acceptors (Lipinski definition) is 2. The Labute approximate surface area is 440 Å². The van der Waals surface area contributed by atoms with Gasteiger partial charge in [-0.2, -0.15) is 0 Å². The van der Waals surface area contributed by atoms with Crippen molar-refractivity contribution in [2.24, 2.45) is 29.6 Å². The number of fused-ring (bicyclic) bond motifs is 17. The normalized spacial score (nSPS) is 26.3. The van der Waals surface area contributed by atoms with Gasteiger partial charge in [-0.05, 0) is 213 Å². The maximum absolute atomic E-state index is 2.91. The molecule has 0 radical (unpaired) electrons. The third-order valence-electron chi connectivity index (χ3n) is 21.4. The number of nitrogens with zero attached hydrogens (tertiary/aromatic N) is 2. The molecule has 5 aliphatic carbocycles. The number of benzene rings is 8. The molecule has 0 saturated heterocycles. The molecule has 0 N–H and O–H groups in total. The zero-order valence-electron chi connectivity index (χ0n) is 43.6. The maximum Gasteiger partial charge on any atom is 0.334 e. The second kappa shape index (κ2) is 15.1. The Balaban J connectivity index is 1.02. The molecule has 4 heterocycles. The summed E-state index contributed by atoms with van der Waals surface area (Å²) in [4.78, 5) is 2.78. The predicted molar refractivity (Wildman–Crippen MR) is 316 cm³/mol. The molecule has 2 nitrogen and oxygen atoms in total. The lowest BCUT2D eigenvalue weighted by Crippen LogP contribution is -2.56. The van der Waals surface area contributed by atoms with Crippen molar-refractivity contribution in [3.8, 4) is 22.3 Å². The second-order valence-electron chi connectivity index (χ2n) is 26.2. The first kappa shape index (κ1) is 43.2. The molecule has 2 aromatic heterocycles. The molecule has 0 spiro atoms. The number of thiophene rings is 1. The van der Waals surface area contributed by atoms with Gasteiger partial charge in [0.15, 0.2) is 0 Å². The first-order chi connectivity index (χ1) is 36.1. The monoisotopic (exact) mass is 976 g/mol. The predicted octanol–water partition coefficient (Wildman–Crippen LogP) is 18.0. The zero-order chi connectivity index (χ0) is 49.0. The summed E-state index contributed by atoms with van der Waals surface area (Å²) >= 11 is 2.02. The summed E-state index contributed by atoms with van der Waals surface area (Å²) in [6, 6.07) is 58.4. The molecular weight excluding hydrogens is 912 g/mol. The quantitative estimate of drug-likeness (QED) is 0.156. The molecule has 5 saturated carbocycles. The van der Waals surface area contributed by atoms with Gasteiger partial charge in [-0.1, -0.05) is 144 Å². The average Bonchev–Trinajstić information content (AvgIpc) is 4.18. The third kappa shape index (κ3) is 5.79. The highest BCUT2D eigenvalue weighted by Crippen LogP contribution is 2.63. The lowest BCUT2D eigenvalue weighted by atomic mass is 9.45. The number of aromatic nitrogens is 1. The van der Waals surface area contributed by atoms with E-state index in [1.807, 2.05) is 11.3 Å². The van der Waals surface area contributed by atoms with Gasteiger partial charge in [-0.3, -0.25) is 0 Å².